The van der Waals surface area contributed by atoms with E-state index in [1.807, 2.05) is 32.0 Å². The van der Waals surface area contributed by atoms with Gasteiger partial charge in [0.2, 0.25) is 0 Å². The third-order valence-electron chi connectivity index (χ3n) is 3.11. The predicted octanol–water partition coefficient (Wildman–Crippen LogP) is 3.54. The summed E-state index contributed by atoms with van der Waals surface area (Å²) in [5, 5.41) is 6.76. The average Bonchev–Trinajstić information content (AvgIpc) is 3.18. The molecule has 0 bridgehead atoms. The smallest absolute Gasteiger partial charge is 0.261 e. The maximum absolute atomic E-state index is 12.1. The van der Waals surface area contributed by atoms with Gasteiger partial charge in [-0.15, -0.1) is 11.3 Å². The molecule has 3 heterocycles. The van der Waals surface area contributed by atoms with Crippen LogP contribution in [0.2, 0.25) is 0 Å². The standard InChI is InChI=1S/C15H14N2O3S/c1-9-14(10(2)20-17-9)12-5-6-13(21-12)15(18)16-8-11-4-3-7-19-11/h3-7H,8H2,1-2H3,(H,16,18). The highest BCUT2D eigenvalue weighted by atomic mass is 32.1. The Bertz CT molecular complexity index is 736. The summed E-state index contributed by atoms with van der Waals surface area (Å²) in [6, 6.07) is 7.34. The average molecular weight is 302 g/mol. The van der Waals surface area contributed by atoms with Crippen molar-refractivity contribution in [3.63, 3.8) is 0 Å². The van der Waals surface area contributed by atoms with Crippen LogP contribution in [0.15, 0.2) is 39.5 Å². The van der Waals surface area contributed by atoms with E-state index >= 15 is 0 Å². The van der Waals surface area contributed by atoms with Crippen LogP contribution in [0.1, 0.15) is 26.9 Å². The molecule has 0 radical (unpaired) electrons. The van der Waals surface area contributed by atoms with Crippen LogP contribution in [-0.4, -0.2) is 11.1 Å². The first-order valence-electron chi connectivity index (χ1n) is 6.49. The molecule has 3 aromatic heterocycles. The molecule has 0 saturated carbocycles. The van der Waals surface area contributed by atoms with E-state index < -0.39 is 0 Å². The second-order valence-corrected chi connectivity index (χ2v) is 5.71. The van der Waals surface area contributed by atoms with Gasteiger partial charge in [-0.05, 0) is 38.1 Å². The van der Waals surface area contributed by atoms with E-state index in [-0.39, 0.29) is 5.91 Å². The molecule has 0 aliphatic heterocycles. The molecule has 0 saturated heterocycles. The lowest BCUT2D eigenvalue weighted by Gasteiger charge is -2.00. The molecule has 1 amide bonds. The van der Waals surface area contributed by atoms with E-state index in [1.165, 1.54) is 11.3 Å². The molecule has 0 fully saturated rings. The van der Waals surface area contributed by atoms with Crippen LogP contribution in [0.25, 0.3) is 10.4 Å². The number of furan rings is 1. The Hall–Kier alpha value is -2.34. The molecule has 0 aromatic carbocycles. The highest BCUT2D eigenvalue weighted by Gasteiger charge is 2.16. The Balaban J connectivity index is 1.74. The van der Waals surface area contributed by atoms with Crippen molar-refractivity contribution in [3.8, 4) is 10.4 Å². The zero-order valence-electron chi connectivity index (χ0n) is 11.7. The van der Waals surface area contributed by atoms with Gasteiger partial charge in [-0.25, -0.2) is 0 Å². The lowest BCUT2D eigenvalue weighted by Crippen LogP contribution is -2.21. The van der Waals surface area contributed by atoms with Gasteiger partial charge in [-0.3, -0.25) is 4.79 Å². The molecule has 0 aliphatic rings. The molecule has 3 rings (SSSR count). The van der Waals surface area contributed by atoms with Gasteiger partial charge in [0.15, 0.2) is 0 Å². The molecule has 5 nitrogen and oxygen atoms in total. The molecule has 6 heteroatoms. The van der Waals surface area contributed by atoms with Gasteiger partial charge in [0, 0.05) is 4.88 Å². The minimum absolute atomic E-state index is 0.116. The molecule has 0 atom stereocenters. The summed E-state index contributed by atoms with van der Waals surface area (Å²) in [6.45, 7) is 4.14. The van der Waals surface area contributed by atoms with Crippen LogP contribution < -0.4 is 5.32 Å². The summed E-state index contributed by atoms with van der Waals surface area (Å²) in [5.41, 5.74) is 1.79. The number of rotatable bonds is 4. The zero-order chi connectivity index (χ0) is 14.8. The number of hydrogen-bond acceptors (Lipinski definition) is 5. The number of carbonyl (C=O) groups is 1. The monoisotopic (exact) mass is 302 g/mol. The van der Waals surface area contributed by atoms with E-state index in [1.54, 1.807) is 12.3 Å². The van der Waals surface area contributed by atoms with E-state index in [0.717, 1.165) is 27.7 Å². The lowest BCUT2D eigenvalue weighted by molar-refractivity contribution is 0.0952. The molecule has 0 unspecified atom stereocenters. The van der Waals surface area contributed by atoms with Crippen LogP contribution in [-0.2, 0) is 6.54 Å². The first kappa shape index (κ1) is 13.6. The largest absolute Gasteiger partial charge is 0.467 e. The van der Waals surface area contributed by atoms with Gasteiger partial charge < -0.3 is 14.3 Å². The molecule has 0 spiro atoms. The van der Waals surface area contributed by atoms with Crippen molar-refractivity contribution in [2.24, 2.45) is 0 Å². The van der Waals surface area contributed by atoms with E-state index in [4.69, 9.17) is 8.94 Å². The fraction of sp³-hybridized carbons (Fsp3) is 0.200. The van der Waals surface area contributed by atoms with E-state index in [9.17, 15) is 4.79 Å². The van der Waals surface area contributed by atoms with Crippen LogP contribution in [0.5, 0.6) is 0 Å². The van der Waals surface area contributed by atoms with Crippen molar-refractivity contribution >= 4 is 17.2 Å². The minimum atomic E-state index is -0.116. The number of carbonyl (C=O) groups excluding carboxylic acids is 1. The molecular weight excluding hydrogens is 288 g/mol. The van der Waals surface area contributed by atoms with Crippen LogP contribution in [0, 0.1) is 13.8 Å². The number of nitrogens with zero attached hydrogens (tertiary/aromatic N) is 1. The van der Waals surface area contributed by atoms with Crippen molar-refractivity contribution < 1.29 is 13.7 Å². The number of aryl methyl sites for hydroxylation is 2. The molecule has 21 heavy (non-hydrogen) atoms. The minimum Gasteiger partial charge on any atom is -0.467 e. The first-order chi connectivity index (χ1) is 10.1. The summed E-state index contributed by atoms with van der Waals surface area (Å²) in [7, 11) is 0. The van der Waals surface area contributed by atoms with Crippen molar-refractivity contribution in [3.05, 3.63) is 52.6 Å². The second kappa shape index (κ2) is 5.57. The van der Waals surface area contributed by atoms with Gasteiger partial charge in [-0.2, -0.15) is 0 Å². The maximum atomic E-state index is 12.1. The van der Waals surface area contributed by atoms with Gasteiger partial charge in [0.1, 0.15) is 11.5 Å². The van der Waals surface area contributed by atoms with Crippen molar-refractivity contribution in [1.29, 1.82) is 0 Å². The molecule has 3 aromatic rings. The normalized spacial score (nSPS) is 10.8. The zero-order valence-corrected chi connectivity index (χ0v) is 12.5. The highest BCUT2D eigenvalue weighted by molar-refractivity contribution is 7.17. The van der Waals surface area contributed by atoms with Gasteiger partial charge in [0.05, 0.1) is 28.9 Å². The summed E-state index contributed by atoms with van der Waals surface area (Å²) in [6.07, 6.45) is 1.59. The fourth-order valence-corrected chi connectivity index (χ4v) is 3.16. The SMILES string of the molecule is Cc1noc(C)c1-c1ccc(C(=O)NCc2ccco2)s1. The topological polar surface area (TPSA) is 68.3 Å². The predicted molar refractivity (Wildman–Crippen MR) is 79.2 cm³/mol. The van der Waals surface area contributed by atoms with Crippen LogP contribution in [0.4, 0.5) is 0 Å². The molecular formula is C15H14N2O3S. The fourth-order valence-electron chi connectivity index (χ4n) is 2.10. The lowest BCUT2D eigenvalue weighted by atomic mass is 10.2. The maximum Gasteiger partial charge on any atom is 0.261 e. The van der Waals surface area contributed by atoms with Crippen molar-refractivity contribution in [2.75, 3.05) is 0 Å². The van der Waals surface area contributed by atoms with Crippen molar-refractivity contribution in [2.45, 2.75) is 20.4 Å². The number of amides is 1. The number of hydrogen-bond donors (Lipinski definition) is 1. The third kappa shape index (κ3) is 2.75. The third-order valence-corrected chi connectivity index (χ3v) is 4.21. The second-order valence-electron chi connectivity index (χ2n) is 4.63. The highest BCUT2D eigenvalue weighted by Crippen LogP contribution is 2.32. The van der Waals surface area contributed by atoms with Gasteiger partial charge >= 0.3 is 0 Å². The first-order valence-corrected chi connectivity index (χ1v) is 7.30. The number of thiophene rings is 1. The van der Waals surface area contributed by atoms with Gasteiger partial charge in [0.25, 0.3) is 5.91 Å². The number of nitrogens with one attached hydrogen (secondary N) is 1. The Morgan fingerprint density at radius 1 is 1.33 bits per heavy atom. The summed E-state index contributed by atoms with van der Waals surface area (Å²) in [5.74, 6) is 1.37. The van der Waals surface area contributed by atoms with E-state index in [0.29, 0.717) is 11.4 Å². The number of aromatic nitrogens is 1. The Morgan fingerprint density at radius 3 is 2.86 bits per heavy atom. The van der Waals surface area contributed by atoms with Crippen LogP contribution in [0.3, 0.4) is 0 Å². The van der Waals surface area contributed by atoms with E-state index in [2.05, 4.69) is 10.5 Å². The molecule has 108 valence electrons. The molecule has 1 N–H and O–H groups in total. The summed E-state index contributed by atoms with van der Waals surface area (Å²) >= 11 is 1.42. The van der Waals surface area contributed by atoms with Crippen molar-refractivity contribution in [1.82, 2.24) is 10.5 Å². The Morgan fingerprint density at radius 2 is 2.19 bits per heavy atom. The summed E-state index contributed by atoms with van der Waals surface area (Å²) in [4.78, 5) is 13.7. The van der Waals surface area contributed by atoms with Gasteiger partial charge in [-0.1, -0.05) is 5.16 Å². The Labute approximate surface area is 125 Å². The Kier molecular flexibility index (Phi) is 3.62. The summed E-state index contributed by atoms with van der Waals surface area (Å²) < 4.78 is 10.3. The quantitative estimate of drug-likeness (QED) is 0.800. The van der Waals surface area contributed by atoms with Crippen LogP contribution >= 0.6 is 11.3 Å². The molecule has 0 aliphatic carbocycles.